The van der Waals surface area contributed by atoms with E-state index in [0.717, 1.165) is 16.9 Å². The first-order valence-electron chi connectivity index (χ1n) is 12.4. The van der Waals surface area contributed by atoms with E-state index in [2.05, 4.69) is 108 Å². The molecule has 4 aromatic rings. The summed E-state index contributed by atoms with van der Waals surface area (Å²) < 4.78 is 2.41. The van der Waals surface area contributed by atoms with Crippen molar-refractivity contribution in [2.75, 3.05) is 0 Å². The highest BCUT2D eigenvalue weighted by molar-refractivity contribution is 7.80. The molecule has 3 heteroatoms. The zero-order valence-corrected chi connectivity index (χ0v) is 22.4. The number of hydrogen-bond acceptors (Lipinski definition) is 2. The van der Waals surface area contributed by atoms with Gasteiger partial charge in [-0.05, 0) is 84.4 Å². The van der Waals surface area contributed by atoms with Crippen LogP contribution in [0.1, 0.15) is 80.5 Å². The molecular weight excluding hydrogens is 432 g/mol. The highest BCUT2D eigenvalue weighted by Crippen LogP contribution is 2.48. The Kier molecular flexibility index (Phi) is 5.48. The molecule has 176 valence electrons. The van der Waals surface area contributed by atoms with Gasteiger partial charge in [-0.3, -0.25) is 4.57 Å². The molecule has 0 N–H and O–H groups in total. The van der Waals surface area contributed by atoms with Gasteiger partial charge in [0, 0.05) is 10.8 Å². The lowest BCUT2D eigenvalue weighted by Gasteiger charge is -2.41. The van der Waals surface area contributed by atoms with Gasteiger partial charge in [-0.15, -0.1) is 0 Å². The van der Waals surface area contributed by atoms with Crippen LogP contribution in [0.3, 0.4) is 0 Å². The third kappa shape index (κ3) is 3.60. The molecule has 1 aromatic heterocycles. The molecule has 0 fully saturated rings. The monoisotopic (exact) mass is 468 g/mol. The number of fused-ring (bicyclic) bond motifs is 2. The van der Waals surface area contributed by atoms with E-state index in [0.29, 0.717) is 0 Å². The maximum Gasteiger partial charge on any atom is 0.146 e. The van der Waals surface area contributed by atoms with E-state index >= 15 is 0 Å². The second-order valence-corrected chi connectivity index (χ2v) is 12.2. The minimum absolute atomic E-state index is 0.119. The predicted octanol–water partition coefficient (Wildman–Crippen LogP) is 8.65. The molecule has 0 saturated heterocycles. The zero-order valence-electron chi connectivity index (χ0n) is 21.5. The average Bonchev–Trinajstić information content (AvgIpc) is 3.14. The van der Waals surface area contributed by atoms with Crippen LogP contribution < -0.4 is 0 Å². The van der Waals surface area contributed by atoms with Crippen molar-refractivity contribution in [1.82, 2.24) is 9.55 Å². The van der Waals surface area contributed by atoms with Crippen molar-refractivity contribution in [3.63, 3.8) is 0 Å². The Morgan fingerprint density at radius 1 is 0.853 bits per heavy atom. The number of rotatable bonds is 3. The first-order valence-corrected chi connectivity index (χ1v) is 12.9. The summed E-state index contributed by atoms with van der Waals surface area (Å²) in [6, 6.07) is 20.0. The Balaban J connectivity index is 1.94. The van der Waals surface area contributed by atoms with Crippen LogP contribution in [0, 0.1) is 13.8 Å². The van der Waals surface area contributed by atoms with Crippen LogP contribution in [0.2, 0.25) is 0 Å². The topological polar surface area (TPSA) is 17.8 Å². The maximum absolute atomic E-state index is 5.34. The summed E-state index contributed by atoms with van der Waals surface area (Å²) in [5, 5.41) is 0.119. The third-order valence-corrected chi connectivity index (χ3v) is 8.22. The Hall–Kier alpha value is -2.52. The number of para-hydroxylation sites is 1. The van der Waals surface area contributed by atoms with E-state index in [1.807, 2.05) is 0 Å². The van der Waals surface area contributed by atoms with Crippen molar-refractivity contribution in [3.05, 3.63) is 82.4 Å². The summed E-state index contributed by atoms with van der Waals surface area (Å²) in [4.78, 5) is 5.34. The van der Waals surface area contributed by atoms with Gasteiger partial charge in [-0.25, -0.2) is 4.98 Å². The SMILES string of the molecule is Cc1cccc(C)c1-n1c(-c2ccccc2C(C)S)nc2cc3c(cc21)C(C)(C)CCC3(C)C. The molecule has 0 bridgehead atoms. The summed E-state index contributed by atoms with van der Waals surface area (Å²) in [7, 11) is 0. The molecule has 1 aliphatic carbocycles. The predicted molar refractivity (Wildman–Crippen MR) is 149 cm³/mol. The van der Waals surface area contributed by atoms with Crippen molar-refractivity contribution in [2.45, 2.75) is 77.4 Å². The van der Waals surface area contributed by atoms with Crippen molar-refractivity contribution < 1.29 is 0 Å². The first-order chi connectivity index (χ1) is 16.0. The maximum atomic E-state index is 5.34. The minimum atomic E-state index is 0.119. The van der Waals surface area contributed by atoms with Gasteiger partial charge in [-0.2, -0.15) is 12.6 Å². The van der Waals surface area contributed by atoms with E-state index in [1.165, 1.54) is 51.9 Å². The van der Waals surface area contributed by atoms with Crippen LogP contribution >= 0.6 is 12.6 Å². The lowest BCUT2D eigenvalue weighted by Crippen LogP contribution is -2.33. The second kappa shape index (κ2) is 8.02. The average molecular weight is 469 g/mol. The number of thiol groups is 1. The van der Waals surface area contributed by atoms with Gasteiger partial charge in [0.15, 0.2) is 0 Å². The number of imidazole rings is 1. The zero-order chi connectivity index (χ0) is 24.4. The van der Waals surface area contributed by atoms with Crippen molar-refractivity contribution >= 4 is 23.7 Å². The summed E-state index contributed by atoms with van der Waals surface area (Å²) in [5.74, 6) is 1.00. The Labute approximate surface area is 209 Å². The van der Waals surface area contributed by atoms with Crippen molar-refractivity contribution in [3.8, 4) is 17.1 Å². The molecule has 1 heterocycles. The van der Waals surface area contributed by atoms with E-state index < -0.39 is 0 Å². The number of aromatic nitrogens is 2. The molecule has 1 aliphatic rings. The molecule has 2 nitrogen and oxygen atoms in total. The molecule has 0 spiro atoms. The second-order valence-electron chi connectivity index (χ2n) is 11.4. The van der Waals surface area contributed by atoms with Crippen LogP contribution in [0.5, 0.6) is 0 Å². The summed E-state index contributed by atoms with van der Waals surface area (Å²) in [6.07, 6.45) is 2.39. The Morgan fingerprint density at radius 2 is 1.44 bits per heavy atom. The summed E-state index contributed by atoms with van der Waals surface area (Å²) >= 11 is 4.81. The smallest absolute Gasteiger partial charge is 0.146 e. The lowest BCUT2D eigenvalue weighted by molar-refractivity contribution is 0.332. The molecule has 34 heavy (non-hydrogen) atoms. The number of aryl methyl sites for hydroxylation is 2. The van der Waals surface area contributed by atoms with Crippen molar-refractivity contribution in [1.29, 1.82) is 0 Å². The van der Waals surface area contributed by atoms with Crippen molar-refractivity contribution in [2.24, 2.45) is 0 Å². The molecule has 0 saturated carbocycles. The minimum Gasteiger partial charge on any atom is -0.292 e. The molecule has 0 aliphatic heterocycles. The quantitative estimate of drug-likeness (QED) is 0.298. The van der Waals surface area contributed by atoms with E-state index in [9.17, 15) is 0 Å². The van der Waals surface area contributed by atoms with Gasteiger partial charge in [-0.1, -0.05) is 70.2 Å². The fourth-order valence-corrected chi connectivity index (χ4v) is 5.99. The summed E-state index contributed by atoms with van der Waals surface area (Å²) in [5.41, 5.74) is 11.6. The van der Waals surface area contributed by atoms with Crippen LogP contribution in [-0.4, -0.2) is 9.55 Å². The number of benzene rings is 3. The lowest BCUT2D eigenvalue weighted by atomic mass is 9.63. The molecule has 1 unspecified atom stereocenters. The fourth-order valence-electron chi connectivity index (χ4n) is 5.77. The molecule has 1 atom stereocenters. The molecule has 5 rings (SSSR count). The third-order valence-electron chi connectivity index (χ3n) is 7.94. The first kappa shape index (κ1) is 23.2. The number of nitrogens with zero attached hydrogens (tertiary/aromatic N) is 2. The van der Waals surface area contributed by atoms with Crippen LogP contribution in [0.15, 0.2) is 54.6 Å². The highest BCUT2D eigenvalue weighted by atomic mass is 32.1. The van der Waals surface area contributed by atoms with Gasteiger partial charge < -0.3 is 0 Å². The van der Waals surface area contributed by atoms with Crippen LogP contribution in [0.25, 0.3) is 28.1 Å². The van der Waals surface area contributed by atoms with E-state index in [4.69, 9.17) is 17.6 Å². The van der Waals surface area contributed by atoms with Gasteiger partial charge in [0.2, 0.25) is 0 Å². The summed E-state index contributed by atoms with van der Waals surface area (Å²) in [6.45, 7) is 16.1. The fraction of sp³-hybridized carbons (Fsp3) is 0.387. The van der Waals surface area contributed by atoms with Gasteiger partial charge in [0.1, 0.15) is 5.82 Å². The van der Waals surface area contributed by atoms with Gasteiger partial charge >= 0.3 is 0 Å². The molecular formula is C31H36N2S. The van der Waals surface area contributed by atoms with Crippen LogP contribution in [0.4, 0.5) is 0 Å². The molecule has 0 radical (unpaired) electrons. The Morgan fingerprint density at radius 3 is 2.06 bits per heavy atom. The van der Waals surface area contributed by atoms with Gasteiger partial charge in [0.25, 0.3) is 0 Å². The van der Waals surface area contributed by atoms with E-state index in [1.54, 1.807) is 0 Å². The normalized spacial score (nSPS) is 17.5. The molecule has 3 aromatic carbocycles. The van der Waals surface area contributed by atoms with E-state index in [-0.39, 0.29) is 16.1 Å². The van der Waals surface area contributed by atoms with Crippen LogP contribution in [-0.2, 0) is 10.8 Å². The highest BCUT2D eigenvalue weighted by Gasteiger charge is 2.38. The number of hydrogen-bond donors (Lipinski definition) is 1. The molecule has 0 amide bonds. The Bertz CT molecular complexity index is 1380. The standard InChI is InChI=1S/C31H36N2S/c1-19-11-10-12-20(2)28(19)33-27-18-25-24(30(4,5)15-16-31(25,6)7)17-26(27)32-29(33)23-14-9-8-13-22(23)21(3)34/h8-14,17-18,21,34H,15-16H2,1-7H3. The largest absolute Gasteiger partial charge is 0.292 e. The van der Waals surface area contributed by atoms with Gasteiger partial charge in [0.05, 0.1) is 16.7 Å².